The van der Waals surface area contributed by atoms with Gasteiger partial charge in [0.2, 0.25) is 0 Å². The van der Waals surface area contributed by atoms with Crippen LogP contribution in [0.3, 0.4) is 0 Å². The molecule has 0 radical (unpaired) electrons. The fourth-order valence-electron chi connectivity index (χ4n) is 1.41. The third-order valence-corrected chi connectivity index (χ3v) is 2.32. The van der Waals surface area contributed by atoms with Crippen LogP contribution in [-0.4, -0.2) is 12.2 Å². The Bertz CT molecular complexity index is 336. The molecule has 0 spiro atoms. The van der Waals surface area contributed by atoms with Crippen molar-refractivity contribution in [2.75, 3.05) is 7.11 Å². The summed E-state index contributed by atoms with van der Waals surface area (Å²) in [6.45, 7) is 3.64. The molecule has 0 aliphatic carbocycles. The molecule has 0 amide bonds. The molecule has 1 aromatic carbocycles. The summed E-state index contributed by atoms with van der Waals surface area (Å²) < 4.78 is 5.08. The Morgan fingerprint density at radius 3 is 2.93 bits per heavy atom. The van der Waals surface area contributed by atoms with Crippen molar-refractivity contribution in [2.45, 2.75) is 18.9 Å². The van der Waals surface area contributed by atoms with Gasteiger partial charge in [-0.15, -0.1) is 6.58 Å². The first kappa shape index (κ1) is 11.6. The molecule has 0 fully saturated rings. The molecule has 0 unspecified atom stereocenters. The lowest BCUT2D eigenvalue weighted by Crippen LogP contribution is -2.10. The smallest absolute Gasteiger partial charge is 0.120 e. The minimum absolute atomic E-state index is 0.182. The van der Waals surface area contributed by atoms with Crippen molar-refractivity contribution in [1.82, 2.24) is 0 Å². The van der Waals surface area contributed by atoms with E-state index >= 15 is 0 Å². The molecule has 1 aromatic rings. The number of methoxy groups -OCH3 is 1. The summed E-state index contributed by atoms with van der Waals surface area (Å²) >= 11 is 0. The topological polar surface area (TPSA) is 55.5 Å². The molecule has 0 bridgehead atoms. The van der Waals surface area contributed by atoms with Gasteiger partial charge in [0.25, 0.3) is 0 Å². The molecule has 3 heteroatoms. The van der Waals surface area contributed by atoms with Gasteiger partial charge >= 0.3 is 0 Å². The van der Waals surface area contributed by atoms with Crippen LogP contribution >= 0.6 is 0 Å². The molecular formula is C12H17NO2. The Balaban J connectivity index is 2.85. The van der Waals surface area contributed by atoms with Crippen LogP contribution in [-0.2, 0) is 0 Å². The van der Waals surface area contributed by atoms with Gasteiger partial charge in [0.1, 0.15) is 11.5 Å². The molecule has 15 heavy (non-hydrogen) atoms. The molecule has 82 valence electrons. The van der Waals surface area contributed by atoms with Gasteiger partial charge in [-0.2, -0.15) is 0 Å². The number of phenols is 1. The maximum atomic E-state index is 9.64. The van der Waals surface area contributed by atoms with Crippen molar-refractivity contribution in [3.05, 3.63) is 36.4 Å². The number of ether oxygens (including phenoxy) is 1. The summed E-state index contributed by atoms with van der Waals surface area (Å²) in [5, 5.41) is 9.64. The van der Waals surface area contributed by atoms with Crippen molar-refractivity contribution < 1.29 is 9.84 Å². The Hall–Kier alpha value is -1.48. The van der Waals surface area contributed by atoms with Crippen LogP contribution in [0.15, 0.2) is 30.9 Å². The largest absolute Gasteiger partial charge is 0.508 e. The highest BCUT2D eigenvalue weighted by molar-refractivity contribution is 5.41. The van der Waals surface area contributed by atoms with E-state index < -0.39 is 0 Å². The van der Waals surface area contributed by atoms with Crippen molar-refractivity contribution in [2.24, 2.45) is 5.73 Å². The predicted octanol–water partition coefficient (Wildman–Crippen LogP) is 2.37. The number of hydrogen-bond acceptors (Lipinski definition) is 3. The zero-order chi connectivity index (χ0) is 11.3. The second kappa shape index (κ2) is 5.41. The van der Waals surface area contributed by atoms with Gasteiger partial charge < -0.3 is 15.6 Å². The highest BCUT2D eigenvalue weighted by Gasteiger charge is 2.11. The first-order valence-corrected chi connectivity index (χ1v) is 4.92. The molecule has 0 aliphatic rings. The van der Waals surface area contributed by atoms with Crippen molar-refractivity contribution in [3.63, 3.8) is 0 Å². The third-order valence-electron chi connectivity index (χ3n) is 2.32. The maximum absolute atomic E-state index is 9.64. The van der Waals surface area contributed by atoms with Gasteiger partial charge in [0.05, 0.1) is 7.11 Å². The number of allylic oxidation sites excluding steroid dienone is 1. The number of phenolic OH excluding ortho intramolecular Hbond substituents is 1. The van der Waals surface area contributed by atoms with E-state index in [1.165, 1.54) is 0 Å². The Morgan fingerprint density at radius 2 is 2.33 bits per heavy atom. The van der Waals surface area contributed by atoms with Crippen LogP contribution in [0.5, 0.6) is 11.5 Å². The lowest BCUT2D eigenvalue weighted by atomic mass is 10.0. The average Bonchev–Trinajstić information content (AvgIpc) is 2.26. The average molecular weight is 207 g/mol. The van der Waals surface area contributed by atoms with Crippen LogP contribution in [0.4, 0.5) is 0 Å². The lowest BCUT2D eigenvalue weighted by molar-refractivity contribution is 0.409. The van der Waals surface area contributed by atoms with E-state index in [0.29, 0.717) is 5.75 Å². The third kappa shape index (κ3) is 2.99. The van der Waals surface area contributed by atoms with E-state index in [1.807, 2.05) is 6.08 Å². The summed E-state index contributed by atoms with van der Waals surface area (Å²) in [5.41, 5.74) is 6.66. The minimum atomic E-state index is -0.182. The molecule has 0 heterocycles. The second-order valence-electron chi connectivity index (χ2n) is 3.40. The Kier molecular flexibility index (Phi) is 4.18. The van der Waals surface area contributed by atoms with Gasteiger partial charge in [-0.3, -0.25) is 0 Å². The summed E-state index contributed by atoms with van der Waals surface area (Å²) in [6.07, 6.45) is 3.42. The van der Waals surface area contributed by atoms with Crippen molar-refractivity contribution in [1.29, 1.82) is 0 Å². The highest BCUT2D eigenvalue weighted by Crippen LogP contribution is 2.29. The first-order chi connectivity index (χ1) is 7.19. The van der Waals surface area contributed by atoms with Crippen molar-refractivity contribution >= 4 is 0 Å². The molecule has 3 N–H and O–H groups in total. The standard InChI is InChI=1S/C12H17NO2/c1-3-4-5-11(13)10-8-9(15-2)6-7-12(10)14/h3,6-8,11,14H,1,4-5,13H2,2H3/t11-/m0/s1. The predicted molar refractivity (Wildman–Crippen MR) is 61.0 cm³/mol. The Labute approximate surface area is 90.2 Å². The highest BCUT2D eigenvalue weighted by atomic mass is 16.5. The van der Waals surface area contributed by atoms with Gasteiger partial charge in [0, 0.05) is 11.6 Å². The lowest BCUT2D eigenvalue weighted by Gasteiger charge is -2.13. The van der Waals surface area contributed by atoms with E-state index in [-0.39, 0.29) is 11.8 Å². The maximum Gasteiger partial charge on any atom is 0.120 e. The van der Waals surface area contributed by atoms with Crippen LogP contribution in [0, 0.1) is 0 Å². The number of benzene rings is 1. The van der Waals surface area contributed by atoms with Crippen LogP contribution in [0.1, 0.15) is 24.4 Å². The monoisotopic (exact) mass is 207 g/mol. The van der Waals surface area contributed by atoms with E-state index in [2.05, 4.69) is 6.58 Å². The fraction of sp³-hybridized carbons (Fsp3) is 0.333. The number of rotatable bonds is 5. The van der Waals surface area contributed by atoms with E-state index in [0.717, 1.165) is 18.4 Å². The molecule has 0 aliphatic heterocycles. The van der Waals surface area contributed by atoms with E-state index in [1.54, 1.807) is 25.3 Å². The molecule has 0 saturated carbocycles. The van der Waals surface area contributed by atoms with Crippen LogP contribution in [0.2, 0.25) is 0 Å². The minimum Gasteiger partial charge on any atom is -0.508 e. The zero-order valence-corrected chi connectivity index (χ0v) is 8.94. The number of hydrogen-bond donors (Lipinski definition) is 2. The summed E-state index contributed by atoms with van der Waals surface area (Å²) in [4.78, 5) is 0. The number of aromatic hydroxyl groups is 1. The van der Waals surface area contributed by atoms with Crippen LogP contribution in [0.25, 0.3) is 0 Å². The summed E-state index contributed by atoms with van der Waals surface area (Å²) in [5.74, 6) is 0.921. The summed E-state index contributed by atoms with van der Waals surface area (Å²) in [7, 11) is 1.59. The molecule has 0 saturated heterocycles. The molecule has 0 aromatic heterocycles. The van der Waals surface area contributed by atoms with Gasteiger partial charge in [0.15, 0.2) is 0 Å². The number of nitrogens with two attached hydrogens (primary N) is 1. The summed E-state index contributed by atoms with van der Waals surface area (Å²) in [6, 6.07) is 4.89. The molecule has 1 atom stereocenters. The first-order valence-electron chi connectivity index (χ1n) is 4.92. The normalized spacial score (nSPS) is 12.1. The second-order valence-corrected chi connectivity index (χ2v) is 3.40. The molecular weight excluding hydrogens is 190 g/mol. The van der Waals surface area contributed by atoms with E-state index in [4.69, 9.17) is 10.5 Å². The van der Waals surface area contributed by atoms with Gasteiger partial charge in [-0.25, -0.2) is 0 Å². The van der Waals surface area contributed by atoms with E-state index in [9.17, 15) is 5.11 Å². The zero-order valence-electron chi connectivity index (χ0n) is 8.94. The SMILES string of the molecule is C=CCC[C@H](N)c1cc(OC)ccc1O. The van der Waals surface area contributed by atoms with Gasteiger partial charge in [-0.1, -0.05) is 6.08 Å². The van der Waals surface area contributed by atoms with Crippen LogP contribution < -0.4 is 10.5 Å². The molecule has 3 nitrogen and oxygen atoms in total. The van der Waals surface area contributed by atoms with Gasteiger partial charge in [-0.05, 0) is 31.0 Å². The van der Waals surface area contributed by atoms with Crippen molar-refractivity contribution in [3.8, 4) is 11.5 Å². The molecule has 1 rings (SSSR count). The fourth-order valence-corrected chi connectivity index (χ4v) is 1.41. The quantitative estimate of drug-likeness (QED) is 0.729. The Morgan fingerprint density at radius 1 is 1.60 bits per heavy atom.